The van der Waals surface area contributed by atoms with Gasteiger partial charge in [0, 0.05) is 39.3 Å². The van der Waals surface area contributed by atoms with Crippen molar-refractivity contribution in [2.45, 2.75) is 17.7 Å². The molecule has 128 valence electrons. The summed E-state index contributed by atoms with van der Waals surface area (Å²) in [6.07, 6.45) is 1.89. The molecule has 0 aliphatic carbocycles. The van der Waals surface area contributed by atoms with Crippen molar-refractivity contribution in [1.29, 1.82) is 0 Å². The first kappa shape index (κ1) is 16.5. The SMILES string of the molecule is COc1ccc(S(=O)(=O)N2CCCC2)cc1N1CCN(C)CC1. The lowest BCUT2D eigenvalue weighted by molar-refractivity contribution is 0.311. The zero-order chi connectivity index (χ0) is 16.4. The number of ether oxygens (including phenoxy) is 1. The maximum absolute atomic E-state index is 12.8. The summed E-state index contributed by atoms with van der Waals surface area (Å²) in [5.41, 5.74) is 0.876. The smallest absolute Gasteiger partial charge is 0.243 e. The van der Waals surface area contributed by atoms with E-state index in [9.17, 15) is 8.42 Å². The summed E-state index contributed by atoms with van der Waals surface area (Å²) in [6, 6.07) is 5.21. The second kappa shape index (κ2) is 6.67. The molecule has 0 aromatic heterocycles. The van der Waals surface area contributed by atoms with E-state index >= 15 is 0 Å². The van der Waals surface area contributed by atoms with E-state index in [2.05, 4.69) is 16.8 Å². The average Bonchev–Trinajstić information content (AvgIpc) is 3.10. The predicted octanol–water partition coefficient (Wildman–Crippen LogP) is 1.23. The number of likely N-dealkylation sites (N-methyl/N-ethyl adjacent to an activating group) is 1. The van der Waals surface area contributed by atoms with Crippen molar-refractivity contribution in [3.63, 3.8) is 0 Å². The maximum atomic E-state index is 12.8. The second-order valence-electron chi connectivity index (χ2n) is 6.24. The van der Waals surface area contributed by atoms with Crippen LogP contribution in [-0.2, 0) is 10.0 Å². The van der Waals surface area contributed by atoms with Gasteiger partial charge in [0.25, 0.3) is 0 Å². The normalized spacial score (nSPS) is 20.9. The van der Waals surface area contributed by atoms with Gasteiger partial charge < -0.3 is 14.5 Å². The summed E-state index contributed by atoms with van der Waals surface area (Å²) in [7, 11) is 0.334. The number of piperazine rings is 1. The lowest BCUT2D eigenvalue weighted by Gasteiger charge is -2.35. The van der Waals surface area contributed by atoms with Gasteiger partial charge in [-0.3, -0.25) is 0 Å². The van der Waals surface area contributed by atoms with Crippen molar-refractivity contribution in [2.75, 3.05) is 58.3 Å². The van der Waals surface area contributed by atoms with E-state index < -0.39 is 10.0 Å². The Morgan fingerprint density at radius 2 is 1.65 bits per heavy atom. The summed E-state index contributed by atoms with van der Waals surface area (Å²) >= 11 is 0. The van der Waals surface area contributed by atoms with Gasteiger partial charge >= 0.3 is 0 Å². The van der Waals surface area contributed by atoms with Crippen molar-refractivity contribution >= 4 is 15.7 Å². The molecule has 2 heterocycles. The van der Waals surface area contributed by atoms with Gasteiger partial charge in [-0.15, -0.1) is 0 Å². The van der Waals surface area contributed by atoms with Crippen molar-refractivity contribution in [1.82, 2.24) is 9.21 Å². The van der Waals surface area contributed by atoms with Crippen LogP contribution in [0.25, 0.3) is 0 Å². The Kier molecular flexibility index (Phi) is 4.79. The Bertz CT molecular complexity index is 649. The third kappa shape index (κ3) is 3.32. The molecule has 2 saturated heterocycles. The summed E-state index contributed by atoms with van der Waals surface area (Å²) in [5.74, 6) is 0.731. The van der Waals surface area contributed by atoms with Gasteiger partial charge in [-0.2, -0.15) is 4.31 Å². The van der Waals surface area contributed by atoms with Gasteiger partial charge in [0.2, 0.25) is 10.0 Å². The predicted molar refractivity (Wildman–Crippen MR) is 90.7 cm³/mol. The fourth-order valence-electron chi connectivity index (χ4n) is 3.20. The molecule has 3 rings (SSSR count). The van der Waals surface area contributed by atoms with E-state index in [1.807, 2.05) is 0 Å². The van der Waals surface area contributed by atoms with Gasteiger partial charge in [0.15, 0.2) is 0 Å². The molecule has 2 fully saturated rings. The molecule has 2 aliphatic heterocycles. The van der Waals surface area contributed by atoms with Crippen LogP contribution >= 0.6 is 0 Å². The van der Waals surface area contributed by atoms with Crippen molar-refractivity contribution in [3.8, 4) is 5.75 Å². The van der Waals surface area contributed by atoms with Crippen LogP contribution in [0.2, 0.25) is 0 Å². The second-order valence-corrected chi connectivity index (χ2v) is 8.17. The highest BCUT2D eigenvalue weighted by molar-refractivity contribution is 7.89. The van der Waals surface area contributed by atoms with E-state index in [1.54, 1.807) is 29.6 Å². The summed E-state index contributed by atoms with van der Waals surface area (Å²) in [5, 5.41) is 0. The molecule has 23 heavy (non-hydrogen) atoms. The average molecular weight is 339 g/mol. The molecule has 1 aromatic carbocycles. The van der Waals surface area contributed by atoms with Gasteiger partial charge in [0.1, 0.15) is 5.75 Å². The minimum atomic E-state index is -3.39. The first-order chi connectivity index (χ1) is 11.0. The Morgan fingerprint density at radius 1 is 1.00 bits per heavy atom. The molecule has 0 unspecified atom stereocenters. The highest BCUT2D eigenvalue weighted by Crippen LogP contribution is 2.33. The maximum Gasteiger partial charge on any atom is 0.243 e. The zero-order valence-corrected chi connectivity index (χ0v) is 14.7. The molecule has 7 heteroatoms. The Balaban J connectivity index is 1.92. The highest BCUT2D eigenvalue weighted by Gasteiger charge is 2.28. The van der Waals surface area contributed by atoms with Crippen LogP contribution < -0.4 is 9.64 Å². The summed E-state index contributed by atoms with van der Waals surface area (Å²) in [6.45, 7) is 4.93. The van der Waals surface area contributed by atoms with Crippen LogP contribution in [0.3, 0.4) is 0 Å². The number of benzene rings is 1. The number of nitrogens with zero attached hydrogens (tertiary/aromatic N) is 3. The molecular weight excluding hydrogens is 314 g/mol. The zero-order valence-electron chi connectivity index (χ0n) is 13.9. The van der Waals surface area contributed by atoms with Gasteiger partial charge in [-0.1, -0.05) is 0 Å². The molecule has 2 aliphatic rings. The van der Waals surface area contributed by atoms with Crippen LogP contribution in [0.5, 0.6) is 5.75 Å². The molecule has 0 atom stereocenters. The van der Waals surface area contributed by atoms with Crippen LogP contribution in [0.1, 0.15) is 12.8 Å². The first-order valence-corrected chi connectivity index (χ1v) is 9.58. The molecule has 6 nitrogen and oxygen atoms in total. The minimum absolute atomic E-state index is 0.370. The number of anilines is 1. The number of sulfonamides is 1. The van der Waals surface area contributed by atoms with E-state index in [0.717, 1.165) is 50.5 Å². The molecule has 1 aromatic rings. The van der Waals surface area contributed by atoms with Gasteiger partial charge in [-0.25, -0.2) is 8.42 Å². The van der Waals surface area contributed by atoms with E-state index in [0.29, 0.717) is 18.0 Å². The van der Waals surface area contributed by atoms with Gasteiger partial charge in [-0.05, 0) is 38.1 Å². The van der Waals surface area contributed by atoms with Crippen molar-refractivity contribution < 1.29 is 13.2 Å². The van der Waals surface area contributed by atoms with Crippen molar-refractivity contribution in [2.24, 2.45) is 0 Å². The van der Waals surface area contributed by atoms with E-state index in [4.69, 9.17) is 4.74 Å². The Hall–Kier alpha value is -1.31. The van der Waals surface area contributed by atoms with E-state index in [-0.39, 0.29) is 0 Å². The van der Waals surface area contributed by atoms with Crippen molar-refractivity contribution in [3.05, 3.63) is 18.2 Å². The molecule has 0 bridgehead atoms. The van der Waals surface area contributed by atoms with Crippen LogP contribution in [0.4, 0.5) is 5.69 Å². The monoisotopic (exact) mass is 339 g/mol. The third-order valence-corrected chi connectivity index (χ3v) is 6.59. The molecule has 0 spiro atoms. The Morgan fingerprint density at radius 3 is 2.26 bits per heavy atom. The molecule has 0 amide bonds. The minimum Gasteiger partial charge on any atom is -0.495 e. The lowest BCUT2D eigenvalue weighted by Crippen LogP contribution is -2.44. The van der Waals surface area contributed by atoms with E-state index in [1.165, 1.54) is 0 Å². The summed E-state index contributed by atoms with van der Waals surface area (Å²) < 4.78 is 32.6. The van der Waals surface area contributed by atoms with Crippen LogP contribution in [0.15, 0.2) is 23.1 Å². The molecule has 0 N–H and O–H groups in total. The molecule has 0 saturated carbocycles. The van der Waals surface area contributed by atoms with Crippen LogP contribution in [0, 0.1) is 0 Å². The number of hydrogen-bond donors (Lipinski definition) is 0. The fourth-order valence-corrected chi connectivity index (χ4v) is 4.74. The van der Waals surface area contributed by atoms with Gasteiger partial charge in [0.05, 0.1) is 17.7 Å². The molecular formula is C16H25N3O3S. The first-order valence-electron chi connectivity index (χ1n) is 8.14. The highest BCUT2D eigenvalue weighted by atomic mass is 32.2. The number of methoxy groups -OCH3 is 1. The topological polar surface area (TPSA) is 53.1 Å². The molecule has 0 radical (unpaired) electrons. The quantitative estimate of drug-likeness (QED) is 0.826. The number of hydrogen-bond acceptors (Lipinski definition) is 5. The van der Waals surface area contributed by atoms with Crippen LogP contribution in [-0.4, -0.2) is 71.0 Å². The fraction of sp³-hybridized carbons (Fsp3) is 0.625. The Labute approximate surface area is 138 Å². The summed E-state index contributed by atoms with van der Waals surface area (Å²) in [4.78, 5) is 4.85. The lowest BCUT2D eigenvalue weighted by atomic mass is 10.2. The number of rotatable bonds is 4. The standard InChI is InChI=1S/C16H25N3O3S/c1-17-9-11-18(12-10-17)15-13-14(5-6-16(15)22-2)23(20,21)19-7-3-4-8-19/h5-6,13H,3-4,7-12H2,1-2H3. The third-order valence-electron chi connectivity index (χ3n) is 4.70. The largest absolute Gasteiger partial charge is 0.495 e.